The minimum atomic E-state index is -0.475. The van der Waals surface area contributed by atoms with E-state index in [1.54, 1.807) is 12.1 Å². The number of ether oxygens (including phenoxy) is 1. The Balaban J connectivity index is 1.68. The van der Waals surface area contributed by atoms with E-state index in [0.717, 1.165) is 26.2 Å². The number of hydrogen-bond donors (Lipinski definition) is 2. The van der Waals surface area contributed by atoms with Crippen molar-refractivity contribution in [3.05, 3.63) is 29.3 Å². The molecule has 25 heavy (non-hydrogen) atoms. The van der Waals surface area contributed by atoms with Gasteiger partial charge >= 0.3 is 0 Å². The van der Waals surface area contributed by atoms with Crippen molar-refractivity contribution in [3.63, 3.8) is 0 Å². The number of piperazine rings is 1. The lowest BCUT2D eigenvalue weighted by Gasteiger charge is -2.35. The number of carbonyl (C=O) groups is 1. The van der Waals surface area contributed by atoms with Crippen molar-refractivity contribution in [2.75, 3.05) is 51.2 Å². The molecule has 0 spiro atoms. The first kappa shape index (κ1) is 20.1. The van der Waals surface area contributed by atoms with Gasteiger partial charge in [-0.1, -0.05) is 23.7 Å². The molecule has 0 saturated carbocycles. The van der Waals surface area contributed by atoms with Crippen LogP contribution >= 0.6 is 11.6 Å². The molecule has 140 valence electrons. The summed E-state index contributed by atoms with van der Waals surface area (Å²) in [5.74, 6) is -0.0630. The van der Waals surface area contributed by atoms with Crippen molar-refractivity contribution in [1.29, 1.82) is 0 Å². The predicted molar refractivity (Wildman–Crippen MR) is 100 cm³/mol. The van der Waals surface area contributed by atoms with E-state index in [2.05, 4.69) is 15.1 Å². The first-order chi connectivity index (χ1) is 11.9. The number of nitrogens with zero attached hydrogens (tertiary/aromatic N) is 2. The van der Waals surface area contributed by atoms with E-state index in [9.17, 15) is 9.90 Å². The largest absolute Gasteiger partial charge is 0.389 e. The Bertz CT molecular complexity index is 548. The SMILES string of the molecule is CC(C)OCC(O)CN1CCN(CC(=O)Nc2ccccc2Cl)CC1. The van der Waals surface area contributed by atoms with Crippen LogP contribution in [0, 0.1) is 0 Å². The van der Waals surface area contributed by atoms with Crippen molar-refractivity contribution in [2.45, 2.75) is 26.1 Å². The Kier molecular flexibility index (Phi) is 8.12. The lowest BCUT2D eigenvalue weighted by molar-refractivity contribution is -0.117. The number of carbonyl (C=O) groups excluding carboxylic acids is 1. The zero-order valence-electron chi connectivity index (χ0n) is 14.9. The molecule has 1 fully saturated rings. The number of anilines is 1. The van der Waals surface area contributed by atoms with Crippen molar-refractivity contribution in [3.8, 4) is 0 Å². The summed E-state index contributed by atoms with van der Waals surface area (Å²) in [6.07, 6.45) is -0.347. The highest BCUT2D eigenvalue weighted by Crippen LogP contribution is 2.20. The smallest absolute Gasteiger partial charge is 0.238 e. The number of para-hydroxylation sites is 1. The molecule has 1 heterocycles. The summed E-state index contributed by atoms with van der Waals surface area (Å²) in [5, 5.41) is 13.4. The molecule has 1 aromatic carbocycles. The van der Waals surface area contributed by atoms with Gasteiger partial charge in [0.1, 0.15) is 0 Å². The van der Waals surface area contributed by atoms with Crippen LogP contribution in [0.2, 0.25) is 5.02 Å². The van der Waals surface area contributed by atoms with Gasteiger partial charge in [0.2, 0.25) is 5.91 Å². The second-order valence-electron chi connectivity index (χ2n) is 6.64. The van der Waals surface area contributed by atoms with Gasteiger partial charge in [0.05, 0.1) is 36.1 Å². The number of hydrogen-bond acceptors (Lipinski definition) is 5. The van der Waals surface area contributed by atoms with Crippen LogP contribution in [-0.2, 0) is 9.53 Å². The van der Waals surface area contributed by atoms with Crippen LogP contribution < -0.4 is 5.32 Å². The van der Waals surface area contributed by atoms with Crippen LogP contribution in [-0.4, -0.2) is 78.9 Å². The fourth-order valence-electron chi connectivity index (χ4n) is 2.74. The summed E-state index contributed by atoms with van der Waals surface area (Å²) >= 11 is 6.05. The summed E-state index contributed by atoms with van der Waals surface area (Å²) < 4.78 is 5.43. The van der Waals surface area contributed by atoms with Crippen LogP contribution in [0.15, 0.2) is 24.3 Å². The molecule has 6 nitrogen and oxygen atoms in total. The van der Waals surface area contributed by atoms with Gasteiger partial charge in [-0.3, -0.25) is 14.6 Å². The normalized spacial score (nSPS) is 17.6. The molecule has 2 N–H and O–H groups in total. The van der Waals surface area contributed by atoms with Crippen molar-refractivity contribution < 1.29 is 14.6 Å². The highest BCUT2D eigenvalue weighted by Gasteiger charge is 2.21. The Morgan fingerprint density at radius 3 is 2.52 bits per heavy atom. The van der Waals surface area contributed by atoms with Crippen LogP contribution in [0.4, 0.5) is 5.69 Å². The van der Waals surface area contributed by atoms with Crippen LogP contribution in [0.3, 0.4) is 0 Å². The van der Waals surface area contributed by atoms with Crippen molar-refractivity contribution in [1.82, 2.24) is 9.80 Å². The number of amides is 1. The molecule has 0 bridgehead atoms. The number of aliphatic hydroxyl groups excluding tert-OH is 1. The number of aliphatic hydroxyl groups is 1. The number of β-amino-alcohol motifs (C(OH)–C–C–N with tert-alkyl or cyclic N) is 1. The Labute approximate surface area is 154 Å². The van der Waals surface area contributed by atoms with Crippen LogP contribution in [0.25, 0.3) is 0 Å². The Morgan fingerprint density at radius 1 is 1.24 bits per heavy atom. The summed E-state index contributed by atoms with van der Waals surface area (Å²) in [4.78, 5) is 16.5. The average molecular weight is 370 g/mol. The quantitative estimate of drug-likeness (QED) is 0.730. The molecule has 1 aliphatic heterocycles. The summed E-state index contributed by atoms with van der Waals surface area (Å²) in [6, 6.07) is 7.22. The van der Waals surface area contributed by atoms with Crippen LogP contribution in [0.1, 0.15) is 13.8 Å². The lowest BCUT2D eigenvalue weighted by Crippen LogP contribution is -2.50. The number of nitrogens with one attached hydrogen (secondary N) is 1. The predicted octanol–water partition coefficient (Wildman–Crippen LogP) is 1.68. The van der Waals surface area contributed by atoms with E-state index in [4.69, 9.17) is 16.3 Å². The molecule has 0 radical (unpaired) electrons. The fourth-order valence-corrected chi connectivity index (χ4v) is 2.92. The maximum absolute atomic E-state index is 12.2. The van der Waals surface area contributed by atoms with Crippen molar-refractivity contribution >= 4 is 23.2 Å². The fraction of sp³-hybridized carbons (Fsp3) is 0.611. The van der Waals surface area contributed by atoms with Gasteiger partial charge < -0.3 is 15.2 Å². The zero-order chi connectivity index (χ0) is 18.2. The molecule has 1 unspecified atom stereocenters. The van der Waals surface area contributed by atoms with E-state index >= 15 is 0 Å². The first-order valence-electron chi connectivity index (χ1n) is 8.73. The van der Waals surface area contributed by atoms with E-state index < -0.39 is 6.10 Å². The second kappa shape index (κ2) is 10.1. The maximum Gasteiger partial charge on any atom is 0.238 e. The topological polar surface area (TPSA) is 65.0 Å². The van der Waals surface area contributed by atoms with Gasteiger partial charge in [0.15, 0.2) is 0 Å². The molecule has 0 aliphatic carbocycles. The van der Waals surface area contributed by atoms with Gasteiger partial charge in [-0.15, -0.1) is 0 Å². The molecule has 1 saturated heterocycles. The molecular formula is C18H28ClN3O3. The summed E-state index contributed by atoms with van der Waals surface area (Å²) in [7, 11) is 0. The summed E-state index contributed by atoms with van der Waals surface area (Å²) in [6.45, 7) is 8.48. The highest BCUT2D eigenvalue weighted by atomic mass is 35.5. The first-order valence-corrected chi connectivity index (χ1v) is 9.10. The zero-order valence-corrected chi connectivity index (χ0v) is 15.7. The third-order valence-electron chi connectivity index (χ3n) is 4.07. The highest BCUT2D eigenvalue weighted by molar-refractivity contribution is 6.33. The minimum absolute atomic E-state index is 0.0630. The molecule has 7 heteroatoms. The standard InChI is InChI=1S/C18H28ClN3O3/c1-14(2)25-13-15(23)11-21-7-9-22(10-8-21)12-18(24)20-17-6-4-3-5-16(17)19/h3-6,14-15,23H,7-13H2,1-2H3,(H,20,24). The second-order valence-corrected chi connectivity index (χ2v) is 7.05. The van der Waals surface area contributed by atoms with Gasteiger partial charge in [0.25, 0.3) is 0 Å². The van der Waals surface area contributed by atoms with E-state index in [0.29, 0.717) is 30.4 Å². The number of halogens is 1. The Morgan fingerprint density at radius 2 is 1.88 bits per heavy atom. The molecule has 1 aliphatic rings. The van der Waals surface area contributed by atoms with Crippen LogP contribution in [0.5, 0.6) is 0 Å². The molecule has 1 atom stereocenters. The number of benzene rings is 1. The van der Waals surface area contributed by atoms with Gasteiger partial charge in [-0.25, -0.2) is 0 Å². The minimum Gasteiger partial charge on any atom is -0.389 e. The van der Waals surface area contributed by atoms with E-state index in [-0.39, 0.29) is 12.0 Å². The Hall–Kier alpha value is -1.18. The third-order valence-corrected chi connectivity index (χ3v) is 4.40. The lowest BCUT2D eigenvalue weighted by atomic mass is 10.2. The molecule has 0 aromatic heterocycles. The molecule has 1 amide bonds. The molecular weight excluding hydrogens is 342 g/mol. The van der Waals surface area contributed by atoms with E-state index in [1.807, 2.05) is 26.0 Å². The maximum atomic E-state index is 12.2. The number of rotatable bonds is 8. The molecule has 1 aromatic rings. The molecule has 2 rings (SSSR count). The average Bonchev–Trinajstić information content (AvgIpc) is 2.57. The van der Waals surface area contributed by atoms with Gasteiger partial charge in [-0.2, -0.15) is 0 Å². The van der Waals surface area contributed by atoms with E-state index in [1.165, 1.54) is 0 Å². The third kappa shape index (κ3) is 7.30. The monoisotopic (exact) mass is 369 g/mol. The van der Waals surface area contributed by atoms with Gasteiger partial charge in [-0.05, 0) is 26.0 Å². The summed E-state index contributed by atoms with van der Waals surface area (Å²) in [5.41, 5.74) is 0.640. The van der Waals surface area contributed by atoms with Crippen molar-refractivity contribution in [2.24, 2.45) is 0 Å². The van der Waals surface area contributed by atoms with Gasteiger partial charge in [0, 0.05) is 32.7 Å².